The highest BCUT2D eigenvalue weighted by Crippen LogP contribution is 2.05. The third-order valence-corrected chi connectivity index (χ3v) is 3.00. The van der Waals surface area contributed by atoms with Gasteiger partial charge in [-0.25, -0.2) is 0 Å². The molecule has 0 aliphatic carbocycles. The second-order valence-electron chi connectivity index (χ2n) is 4.33. The maximum atomic E-state index is 11.4. The maximum absolute atomic E-state index is 11.4. The number of amides is 1. The average Bonchev–Trinajstić information content (AvgIpc) is 2.84. The summed E-state index contributed by atoms with van der Waals surface area (Å²) in [5.41, 5.74) is 2.97. The van der Waals surface area contributed by atoms with Crippen LogP contribution in [0.15, 0.2) is 36.5 Å². The van der Waals surface area contributed by atoms with Crippen molar-refractivity contribution in [1.82, 2.24) is 20.4 Å². The molecule has 0 bridgehead atoms. The van der Waals surface area contributed by atoms with Gasteiger partial charge in [0.15, 0.2) is 0 Å². The molecule has 2 N–H and O–H groups in total. The molecule has 0 radical (unpaired) electrons. The fraction of sp³-hybridized carbons (Fsp3) is 0.286. The van der Waals surface area contributed by atoms with Crippen LogP contribution in [-0.2, 0) is 20.1 Å². The van der Waals surface area contributed by atoms with Crippen molar-refractivity contribution >= 4 is 5.91 Å². The van der Waals surface area contributed by atoms with E-state index in [2.05, 4.69) is 15.7 Å². The predicted octanol–water partition coefficient (Wildman–Crippen LogP) is 1.07. The molecule has 5 nitrogen and oxygen atoms in total. The average molecular weight is 258 g/mol. The number of nitrogens with one attached hydrogen (secondary N) is 2. The van der Waals surface area contributed by atoms with Gasteiger partial charge in [-0.15, -0.1) is 0 Å². The van der Waals surface area contributed by atoms with E-state index in [0.717, 1.165) is 24.3 Å². The molecule has 19 heavy (non-hydrogen) atoms. The molecule has 100 valence electrons. The number of carbonyl (C=O) groups excluding carboxylic acids is 1. The Hall–Kier alpha value is -2.14. The number of aryl methyl sites for hydroxylation is 1. The number of hydrogen-bond donors (Lipinski definition) is 2. The normalized spacial score (nSPS) is 10.4. The molecule has 1 aromatic heterocycles. The van der Waals surface area contributed by atoms with Gasteiger partial charge in [0.1, 0.15) is 0 Å². The lowest BCUT2D eigenvalue weighted by Crippen LogP contribution is -2.18. The lowest BCUT2D eigenvalue weighted by atomic mass is 10.1. The Morgan fingerprint density at radius 1 is 1.21 bits per heavy atom. The summed E-state index contributed by atoms with van der Waals surface area (Å²) in [5, 5.41) is 10.1. The summed E-state index contributed by atoms with van der Waals surface area (Å²) in [6.45, 7) is 1.53. The van der Waals surface area contributed by atoms with Crippen molar-refractivity contribution in [2.24, 2.45) is 7.05 Å². The highest BCUT2D eigenvalue weighted by Gasteiger charge is 2.02. The lowest BCUT2D eigenvalue weighted by Gasteiger charge is -2.06. The lowest BCUT2D eigenvalue weighted by molar-refractivity contribution is 0.0963. The van der Waals surface area contributed by atoms with Crippen LogP contribution in [0.2, 0.25) is 0 Å². The Bertz CT molecular complexity index is 545. The third kappa shape index (κ3) is 3.42. The van der Waals surface area contributed by atoms with Gasteiger partial charge in [-0.1, -0.05) is 12.1 Å². The van der Waals surface area contributed by atoms with Crippen LogP contribution in [0.4, 0.5) is 0 Å². The first-order valence-corrected chi connectivity index (χ1v) is 6.19. The number of nitrogens with zero attached hydrogens (tertiary/aromatic N) is 2. The quantitative estimate of drug-likeness (QED) is 0.843. The molecule has 1 aromatic carbocycles. The predicted molar refractivity (Wildman–Crippen MR) is 73.6 cm³/mol. The molecule has 0 atom stereocenters. The highest BCUT2D eigenvalue weighted by atomic mass is 16.1. The Balaban J connectivity index is 1.86. The van der Waals surface area contributed by atoms with Gasteiger partial charge >= 0.3 is 0 Å². The smallest absolute Gasteiger partial charge is 0.251 e. The first-order valence-electron chi connectivity index (χ1n) is 6.19. The van der Waals surface area contributed by atoms with Crippen molar-refractivity contribution in [3.8, 4) is 0 Å². The summed E-state index contributed by atoms with van der Waals surface area (Å²) < 4.78 is 1.85. The molecular weight excluding hydrogens is 240 g/mol. The zero-order chi connectivity index (χ0) is 13.7. The fourth-order valence-electron chi connectivity index (χ4n) is 1.83. The number of hydrogen-bond acceptors (Lipinski definition) is 3. The molecule has 0 unspecified atom stereocenters. The van der Waals surface area contributed by atoms with Gasteiger partial charge in [0.05, 0.1) is 5.69 Å². The second-order valence-corrected chi connectivity index (χ2v) is 4.33. The summed E-state index contributed by atoms with van der Waals surface area (Å²) in [6, 6.07) is 9.57. The molecule has 0 saturated carbocycles. The zero-order valence-electron chi connectivity index (χ0n) is 11.2. The largest absolute Gasteiger partial charge is 0.355 e. The molecule has 0 aliphatic rings. The van der Waals surface area contributed by atoms with Crippen molar-refractivity contribution in [1.29, 1.82) is 0 Å². The van der Waals surface area contributed by atoms with Gasteiger partial charge in [0, 0.05) is 38.9 Å². The Kier molecular flexibility index (Phi) is 4.30. The van der Waals surface area contributed by atoms with Gasteiger partial charge in [-0.3, -0.25) is 9.48 Å². The van der Waals surface area contributed by atoms with E-state index in [0.29, 0.717) is 5.56 Å². The summed E-state index contributed by atoms with van der Waals surface area (Å²) in [7, 11) is 3.56. The van der Waals surface area contributed by atoms with Crippen molar-refractivity contribution in [3.05, 3.63) is 53.3 Å². The molecule has 2 aromatic rings. The topological polar surface area (TPSA) is 59.0 Å². The highest BCUT2D eigenvalue weighted by molar-refractivity contribution is 5.93. The van der Waals surface area contributed by atoms with Crippen molar-refractivity contribution in [2.75, 3.05) is 7.05 Å². The number of carbonyl (C=O) groups is 1. The first-order chi connectivity index (χ1) is 9.20. The van der Waals surface area contributed by atoms with E-state index < -0.39 is 0 Å². The van der Waals surface area contributed by atoms with E-state index in [1.54, 1.807) is 13.2 Å². The summed E-state index contributed by atoms with van der Waals surface area (Å²) >= 11 is 0. The van der Waals surface area contributed by atoms with Crippen LogP contribution in [0.5, 0.6) is 0 Å². The van der Waals surface area contributed by atoms with E-state index in [1.165, 1.54) is 0 Å². The van der Waals surface area contributed by atoms with Gasteiger partial charge in [-0.05, 0) is 23.8 Å². The molecule has 0 spiro atoms. The number of benzene rings is 1. The molecule has 0 fully saturated rings. The van der Waals surface area contributed by atoms with E-state index in [-0.39, 0.29) is 5.91 Å². The Morgan fingerprint density at radius 3 is 2.53 bits per heavy atom. The first kappa shape index (κ1) is 13.3. The van der Waals surface area contributed by atoms with E-state index >= 15 is 0 Å². The van der Waals surface area contributed by atoms with Crippen molar-refractivity contribution in [2.45, 2.75) is 13.1 Å². The minimum atomic E-state index is -0.0607. The summed E-state index contributed by atoms with van der Waals surface area (Å²) in [4.78, 5) is 11.4. The van der Waals surface area contributed by atoms with Crippen LogP contribution in [0.3, 0.4) is 0 Å². The standard InChI is InChI=1S/C14H18N4O/c1-15-14(19)12-5-3-11(4-6-12)9-16-10-13-7-8-17-18(13)2/h3-8,16H,9-10H2,1-2H3,(H,15,19). The minimum Gasteiger partial charge on any atom is -0.355 e. The third-order valence-electron chi connectivity index (χ3n) is 3.00. The molecule has 0 aliphatic heterocycles. The maximum Gasteiger partial charge on any atom is 0.251 e. The molecular formula is C14H18N4O. The van der Waals surface area contributed by atoms with Crippen LogP contribution in [0, 0.1) is 0 Å². The van der Waals surface area contributed by atoms with Gasteiger partial charge in [0.25, 0.3) is 5.91 Å². The summed E-state index contributed by atoms with van der Waals surface area (Å²) in [5.74, 6) is -0.0607. The minimum absolute atomic E-state index is 0.0607. The fourth-order valence-corrected chi connectivity index (χ4v) is 1.83. The second kappa shape index (κ2) is 6.15. The summed E-state index contributed by atoms with van der Waals surface area (Å²) in [6.07, 6.45) is 1.79. The van der Waals surface area contributed by atoms with Gasteiger partial charge in [-0.2, -0.15) is 5.10 Å². The number of aromatic nitrogens is 2. The monoisotopic (exact) mass is 258 g/mol. The van der Waals surface area contributed by atoms with E-state index in [4.69, 9.17) is 0 Å². The molecule has 5 heteroatoms. The molecule has 0 saturated heterocycles. The Labute approximate surface area is 112 Å². The number of rotatable bonds is 5. The van der Waals surface area contributed by atoms with Crippen LogP contribution >= 0.6 is 0 Å². The molecule has 1 amide bonds. The Morgan fingerprint density at radius 2 is 1.95 bits per heavy atom. The van der Waals surface area contributed by atoms with Crippen LogP contribution in [-0.4, -0.2) is 22.7 Å². The van der Waals surface area contributed by atoms with Crippen molar-refractivity contribution in [3.63, 3.8) is 0 Å². The van der Waals surface area contributed by atoms with Crippen LogP contribution in [0.1, 0.15) is 21.6 Å². The van der Waals surface area contributed by atoms with E-state index in [1.807, 2.05) is 42.1 Å². The zero-order valence-corrected chi connectivity index (χ0v) is 11.2. The molecule has 2 rings (SSSR count). The van der Waals surface area contributed by atoms with Crippen molar-refractivity contribution < 1.29 is 4.79 Å². The van der Waals surface area contributed by atoms with E-state index in [9.17, 15) is 4.79 Å². The van der Waals surface area contributed by atoms with Crippen LogP contribution < -0.4 is 10.6 Å². The SMILES string of the molecule is CNC(=O)c1ccc(CNCc2ccnn2C)cc1. The van der Waals surface area contributed by atoms with Gasteiger partial charge < -0.3 is 10.6 Å². The van der Waals surface area contributed by atoms with Gasteiger partial charge in [0.2, 0.25) is 0 Å². The van der Waals surface area contributed by atoms with Crippen LogP contribution in [0.25, 0.3) is 0 Å². The molecule has 1 heterocycles.